The number of hydrogen-bond donors (Lipinski definition) is 1. The van der Waals surface area contributed by atoms with E-state index < -0.39 is 0 Å². The van der Waals surface area contributed by atoms with Gasteiger partial charge < -0.3 is 15.0 Å². The number of nitrogens with zero attached hydrogens (tertiary/aromatic N) is 1. The summed E-state index contributed by atoms with van der Waals surface area (Å²) in [6, 6.07) is 13.5. The minimum absolute atomic E-state index is 0.176. The second-order valence-electron chi connectivity index (χ2n) is 7.02. The molecule has 1 saturated heterocycles. The van der Waals surface area contributed by atoms with E-state index in [2.05, 4.69) is 22.3 Å². The summed E-state index contributed by atoms with van der Waals surface area (Å²) in [6.45, 7) is 3.30. The molecule has 1 heterocycles. The molecule has 3 rings (SSSR count). The van der Waals surface area contributed by atoms with Crippen LogP contribution in [0, 0.1) is 5.82 Å². The number of benzene rings is 2. The van der Waals surface area contributed by atoms with Crippen molar-refractivity contribution < 1.29 is 9.13 Å². The van der Waals surface area contributed by atoms with Gasteiger partial charge in [0.1, 0.15) is 5.82 Å². The first-order valence-corrected chi connectivity index (χ1v) is 8.96. The molecule has 0 aliphatic carbocycles. The van der Waals surface area contributed by atoms with E-state index in [-0.39, 0.29) is 5.82 Å². The summed E-state index contributed by atoms with van der Waals surface area (Å²) in [5.41, 5.74) is 3.87. The van der Waals surface area contributed by atoms with E-state index >= 15 is 0 Å². The molecule has 0 aromatic heterocycles. The van der Waals surface area contributed by atoms with Crippen LogP contribution in [0.2, 0.25) is 0 Å². The maximum absolute atomic E-state index is 14.4. The van der Waals surface area contributed by atoms with Crippen LogP contribution in [-0.4, -0.2) is 38.3 Å². The lowest BCUT2D eigenvalue weighted by atomic mass is 10.00. The number of halogens is 1. The predicted molar refractivity (Wildman–Crippen MR) is 99.9 cm³/mol. The van der Waals surface area contributed by atoms with Gasteiger partial charge in [-0.3, -0.25) is 0 Å². The predicted octanol–water partition coefficient (Wildman–Crippen LogP) is 3.82. The molecule has 134 valence electrons. The third kappa shape index (κ3) is 5.11. The van der Waals surface area contributed by atoms with Crippen LogP contribution in [0.1, 0.15) is 24.0 Å². The van der Waals surface area contributed by atoms with Gasteiger partial charge in [0.05, 0.1) is 6.10 Å². The minimum Gasteiger partial charge on any atom is -0.377 e. The Morgan fingerprint density at radius 2 is 2.04 bits per heavy atom. The van der Waals surface area contributed by atoms with Gasteiger partial charge in [0.25, 0.3) is 0 Å². The molecule has 0 spiro atoms. The van der Waals surface area contributed by atoms with Gasteiger partial charge in [0.15, 0.2) is 0 Å². The molecule has 2 aromatic rings. The molecule has 0 bridgehead atoms. The molecule has 1 aliphatic rings. The zero-order valence-electron chi connectivity index (χ0n) is 15.1. The van der Waals surface area contributed by atoms with E-state index in [0.717, 1.165) is 50.2 Å². The maximum atomic E-state index is 14.4. The van der Waals surface area contributed by atoms with E-state index in [1.54, 1.807) is 6.07 Å². The summed E-state index contributed by atoms with van der Waals surface area (Å²) >= 11 is 0. The van der Waals surface area contributed by atoms with Gasteiger partial charge in [-0.1, -0.05) is 24.3 Å². The van der Waals surface area contributed by atoms with Crippen molar-refractivity contribution in [3.05, 3.63) is 59.4 Å². The van der Waals surface area contributed by atoms with Crippen molar-refractivity contribution in [2.45, 2.75) is 32.0 Å². The number of rotatable bonds is 7. The Kier molecular flexibility index (Phi) is 6.19. The average Bonchev–Trinajstić information content (AvgIpc) is 3.09. The van der Waals surface area contributed by atoms with Gasteiger partial charge in [0, 0.05) is 31.8 Å². The van der Waals surface area contributed by atoms with Crippen LogP contribution in [0.15, 0.2) is 42.5 Å². The molecular weight excluding hydrogens is 315 g/mol. The largest absolute Gasteiger partial charge is 0.377 e. The third-order valence-corrected chi connectivity index (χ3v) is 4.49. The zero-order valence-corrected chi connectivity index (χ0v) is 15.1. The molecule has 1 atom stereocenters. The number of nitrogens with one attached hydrogen (secondary N) is 1. The van der Waals surface area contributed by atoms with Crippen LogP contribution < -0.4 is 5.32 Å². The van der Waals surface area contributed by atoms with E-state index in [0.29, 0.717) is 11.7 Å². The second-order valence-corrected chi connectivity index (χ2v) is 7.02. The lowest BCUT2D eigenvalue weighted by molar-refractivity contribution is 0.110. The standard InChI is InChI=1S/C21H27FN2O/c1-24(2)15-17-5-3-6-18(11-17)20-12-16(8-9-21(20)22)13-23-14-19-7-4-10-25-19/h3,5-6,8-9,11-12,19,23H,4,7,10,13-15H2,1-2H3/t19-/m1/s1. The molecule has 0 unspecified atom stereocenters. The van der Waals surface area contributed by atoms with E-state index in [9.17, 15) is 4.39 Å². The molecule has 2 aromatic carbocycles. The van der Waals surface area contributed by atoms with Crippen LogP contribution in [-0.2, 0) is 17.8 Å². The van der Waals surface area contributed by atoms with Crippen molar-refractivity contribution in [1.29, 1.82) is 0 Å². The lowest BCUT2D eigenvalue weighted by Gasteiger charge is -2.13. The van der Waals surface area contributed by atoms with E-state index in [1.807, 2.05) is 38.4 Å². The van der Waals surface area contributed by atoms with E-state index in [1.165, 1.54) is 5.56 Å². The molecule has 0 radical (unpaired) electrons. The molecule has 4 heteroatoms. The number of hydrogen-bond acceptors (Lipinski definition) is 3. The Bertz CT molecular complexity index is 696. The SMILES string of the molecule is CN(C)Cc1cccc(-c2cc(CNC[C@H]3CCCO3)ccc2F)c1. The normalized spacial score (nSPS) is 17.4. The van der Waals surface area contributed by atoms with Crippen molar-refractivity contribution in [3.8, 4) is 11.1 Å². The van der Waals surface area contributed by atoms with Gasteiger partial charge in [-0.15, -0.1) is 0 Å². The van der Waals surface area contributed by atoms with Gasteiger partial charge in [-0.25, -0.2) is 4.39 Å². The van der Waals surface area contributed by atoms with Crippen molar-refractivity contribution in [1.82, 2.24) is 10.2 Å². The first kappa shape index (κ1) is 18.1. The molecule has 1 fully saturated rings. The Morgan fingerprint density at radius 1 is 1.16 bits per heavy atom. The summed E-state index contributed by atoms with van der Waals surface area (Å²) in [5, 5.41) is 3.43. The Morgan fingerprint density at radius 3 is 2.80 bits per heavy atom. The van der Waals surface area contributed by atoms with Crippen LogP contribution in [0.4, 0.5) is 4.39 Å². The summed E-state index contributed by atoms with van der Waals surface area (Å²) in [6.07, 6.45) is 2.60. The summed E-state index contributed by atoms with van der Waals surface area (Å²) in [5.74, 6) is -0.176. The van der Waals surface area contributed by atoms with E-state index in [4.69, 9.17) is 4.74 Å². The quantitative estimate of drug-likeness (QED) is 0.828. The van der Waals surface area contributed by atoms with Gasteiger partial charge >= 0.3 is 0 Å². The van der Waals surface area contributed by atoms with Crippen molar-refractivity contribution in [3.63, 3.8) is 0 Å². The fraction of sp³-hybridized carbons (Fsp3) is 0.429. The van der Waals surface area contributed by atoms with Crippen LogP contribution >= 0.6 is 0 Å². The van der Waals surface area contributed by atoms with Gasteiger partial charge in [-0.2, -0.15) is 0 Å². The Balaban J connectivity index is 1.70. The molecule has 0 saturated carbocycles. The Labute approximate surface area is 149 Å². The highest BCUT2D eigenvalue weighted by Crippen LogP contribution is 2.25. The van der Waals surface area contributed by atoms with Crippen LogP contribution in [0.5, 0.6) is 0 Å². The maximum Gasteiger partial charge on any atom is 0.131 e. The smallest absolute Gasteiger partial charge is 0.131 e. The summed E-state index contributed by atoms with van der Waals surface area (Å²) in [7, 11) is 4.07. The highest BCUT2D eigenvalue weighted by atomic mass is 19.1. The Hall–Kier alpha value is -1.75. The summed E-state index contributed by atoms with van der Waals surface area (Å²) in [4.78, 5) is 2.11. The fourth-order valence-corrected chi connectivity index (χ4v) is 3.29. The molecular formula is C21H27FN2O. The van der Waals surface area contributed by atoms with Gasteiger partial charge in [-0.05, 0) is 61.8 Å². The van der Waals surface area contributed by atoms with Crippen molar-refractivity contribution >= 4 is 0 Å². The molecule has 1 aliphatic heterocycles. The topological polar surface area (TPSA) is 24.5 Å². The molecule has 25 heavy (non-hydrogen) atoms. The van der Waals surface area contributed by atoms with Crippen molar-refractivity contribution in [2.75, 3.05) is 27.2 Å². The van der Waals surface area contributed by atoms with Crippen LogP contribution in [0.3, 0.4) is 0 Å². The lowest BCUT2D eigenvalue weighted by Crippen LogP contribution is -2.25. The van der Waals surface area contributed by atoms with Crippen molar-refractivity contribution in [2.24, 2.45) is 0 Å². The monoisotopic (exact) mass is 342 g/mol. The molecule has 1 N–H and O–H groups in total. The fourth-order valence-electron chi connectivity index (χ4n) is 3.29. The second kappa shape index (κ2) is 8.56. The van der Waals surface area contributed by atoms with Crippen LogP contribution in [0.25, 0.3) is 11.1 Å². The third-order valence-electron chi connectivity index (χ3n) is 4.49. The molecule has 0 amide bonds. The minimum atomic E-state index is -0.176. The first-order valence-electron chi connectivity index (χ1n) is 8.96. The zero-order chi connectivity index (χ0) is 17.6. The molecule has 3 nitrogen and oxygen atoms in total. The average molecular weight is 342 g/mol. The summed E-state index contributed by atoms with van der Waals surface area (Å²) < 4.78 is 20.0. The highest BCUT2D eigenvalue weighted by molar-refractivity contribution is 5.65. The highest BCUT2D eigenvalue weighted by Gasteiger charge is 2.14. The first-order chi connectivity index (χ1) is 12.1. The van der Waals surface area contributed by atoms with Gasteiger partial charge in [0.2, 0.25) is 0 Å². The number of ether oxygens (including phenoxy) is 1.